The third-order valence-electron chi connectivity index (χ3n) is 3.41. The number of hydrogen-bond acceptors (Lipinski definition) is 3. The Morgan fingerprint density at radius 2 is 2.06 bits per heavy atom. The van der Waals surface area contributed by atoms with Crippen LogP contribution < -0.4 is 0 Å². The third kappa shape index (κ3) is 1.83. The first-order valence-electron chi connectivity index (χ1n) is 6.09. The van der Waals surface area contributed by atoms with E-state index in [0.717, 1.165) is 5.56 Å². The van der Waals surface area contributed by atoms with Gasteiger partial charge in [-0.1, -0.05) is 30.3 Å². The van der Waals surface area contributed by atoms with E-state index in [0.29, 0.717) is 6.54 Å². The van der Waals surface area contributed by atoms with E-state index in [1.165, 1.54) is 0 Å². The molecule has 1 saturated heterocycles. The zero-order valence-corrected chi connectivity index (χ0v) is 10.2. The number of carbonyl (C=O) groups excluding carboxylic acids is 1. The molecule has 2 heterocycles. The molecular formula is C14H15NO3. The summed E-state index contributed by atoms with van der Waals surface area (Å²) in [4.78, 5) is 13.6. The fourth-order valence-electron chi connectivity index (χ4n) is 2.50. The van der Waals surface area contributed by atoms with E-state index in [-0.39, 0.29) is 24.3 Å². The van der Waals surface area contributed by atoms with Crippen molar-refractivity contribution in [2.45, 2.75) is 31.7 Å². The summed E-state index contributed by atoms with van der Waals surface area (Å²) in [6.45, 7) is 2.52. The molecule has 94 valence electrons. The fraction of sp³-hybridized carbons (Fsp3) is 0.357. The van der Waals surface area contributed by atoms with Gasteiger partial charge in [-0.15, -0.1) is 0 Å². The maximum Gasteiger partial charge on any atom is 0.411 e. The van der Waals surface area contributed by atoms with E-state index in [1.54, 1.807) is 17.2 Å². The van der Waals surface area contributed by atoms with Crippen LogP contribution in [0.1, 0.15) is 12.5 Å². The first-order valence-corrected chi connectivity index (χ1v) is 6.09. The van der Waals surface area contributed by atoms with E-state index in [4.69, 9.17) is 9.47 Å². The van der Waals surface area contributed by atoms with Gasteiger partial charge in [0, 0.05) is 6.54 Å². The highest BCUT2D eigenvalue weighted by Gasteiger charge is 2.45. The van der Waals surface area contributed by atoms with Gasteiger partial charge in [0.15, 0.2) is 0 Å². The van der Waals surface area contributed by atoms with Gasteiger partial charge < -0.3 is 9.47 Å². The first-order chi connectivity index (χ1) is 8.75. The Balaban J connectivity index is 1.83. The molecule has 0 aliphatic carbocycles. The molecule has 2 aliphatic rings. The number of rotatable bonds is 2. The van der Waals surface area contributed by atoms with Gasteiger partial charge in [0.25, 0.3) is 0 Å². The van der Waals surface area contributed by atoms with Gasteiger partial charge in [-0.25, -0.2) is 4.79 Å². The molecule has 1 aromatic carbocycles. The Bertz CT molecular complexity index is 471. The van der Waals surface area contributed by atoms with Crippen LogP contribution in [0.15, 0.2) is 42.7 Å². The van der Waals surface area contributed by atoms with Crippen LogP contribution in [0.4, 0.5) is 4.79 Å². The van der Waals surface area contributed by atoms with Gasteiger partial charge in [0.05, 0.1) is 6.26 Å². The van der Waals surface area contributed by atoms with Crippen LogP contribution in [0.5, 0.6) is 0 Å². The quantitative estimate of drug-likeness (QED) is 0.802. The molecule has 0 saturated carbocycles. The standard InChI is InChI=1S/C14H15NO3/c1-10-13-12(7-8-17-10)18-14(16)15(13)9-11-5-3-2-4-6-11/h2-8,10,12-13H,9H2,1H3/t10-,12-,13+/m1/s1. The van der Waals surface area contributed by atoms with Crippen molar-refractivity contribution in [2.24, 2.45) is 0 Å². The lowest BCUT2D eigenvalue weighted by Crippen LogP contribution is -2.45. The molecule has 0 bridgehead atoms. The molecule has 4 nitrogen and oxygen atoms in total. The lowest BCUT2D eigenvalue weighted by atomic mass is 10.0. The summed E-state index contributed by atoms with van der Waals surface area (Å²) in [6, 6.07) is 9.87. The van der Waals surface area contributed by atoms with Crippen molar-refractivity contribution in [1.82, 2.24) is 4.90 Å². The Kier molecular flexibility index (Phi) is 2.70. The summed E-state index contributed by atoms with van der Waals surface area (Å²) in [5.41, 5.74) is 1.09. The van der Waals surface area contributed by atoms with Crippen molar-refractivity contribution in [1.29, 1.82) is 0 Å². The summed E-state index contributed by atoms with van der Waals surface area (Å²) in [5.74, 6) is 0. The maximum absolute atomic E-state index is 11.9. The van der Waals surface area contributed by atoms with E-state index in [9.17, 15) is 4.79 Å². The monoisotopic (exact) mass is 245 g/mol. The highest BCUT2D eigenvalue weighted by atomic mass is 16.6. The van der Waals surface area contributed by atoms with E-state index >= 15 is 0 Å². The molecule has 3 rings (SSSR count). The van der Waals surface area contributed by atoms with Crippen molar-refractivity contribution in [3.63, 3.8) is 0 Å². The number of carbonyl (C=O) groups is 1. The average molecular weight is 245 g/mol. The first kappa shape index (κ1) is 11.1. The molecule has 0 aromatic heterocycles. The van der Waals surface area contributed by atoms with Crippen molar-refractivity contribution in [3.8, 4) is 0 Å². The molecule has 18 heavy (non-hydrogen) atoms. The topological polar surface area (TPSA) is 38.8 Å². The van der Waals surface area contributed by atoms with Crippen LogP contribution in [-0.4, -0.2) is 29.2 Å². The lowest BCUT2D eigenvalue weighted by molar-refractivity contribution is 0.0472. The van der Waals surface area contributed by atoms with Crippen LogP contribution in [-0.2, 0) is 16.0 Å². The summed E-state index contributed by atoms with van der Waals surface area (Å²) < 4.78 is 10.8. The fourth-order valence-corrected chi connectivity index (χ4v) is 2.50. The molecule has 0 radical (unpaired) electrons. The van der Waals surface area contributed by atoms with Crippen LogP contribution >= 0.6 is 0 Å². The number of amides is 1. The molecule has 0 spiro atoms. The minimum Gasteiger partial charge on any atom is -0.496 e. The van der Waals surface area contributed by atoms with Gasteiger partial charge >= 0.3 is 6.09 Å². The molecular weight excluding hydrogens is 230 g/mol. The van der Waals surface area contributed by atoms with Crippen molar-refractivity contribution in [3.05, 3.63) is 48.2 Å². The molecule has 1 aromatic rings. The summed E-state index contributed by atoms with van der Waals surface area (Å²) in [6.07, 6.45) is 2.91. The van der Waals surface area contributed by atoms with Gasteiger partial charge in [0.1, 0.15) is 18.2 Å². The molecule has 0 N–H and O–H groups in total. The Morgan fingerprint density at radius 3 is 2.83 bits per heavy atom. The summed E-state index contributed by atoms with van der Waals surface area (Å²) in [7, 11) is 0. The summed E-state index contributed by atoms with van der Waals surface area (Å²) in [5, 5.41) is 0. The number of hydrogen-bond donors (Lipinski definition) is 0. The predicted octanol–water partition coefficient (Wildman–Crippen LogP) is 2.31. The van der Waals surface area contributed by atoms with E-state index < -0.39 is 0 Å². The van der Waals surface area contributed by atoms with Gasteiger partial charge in [-0.05, 0) is 18.6 Å². The minimum atomic E-state index is -0.268. The molecule has 0 unspecified atom stereocenters. The Labute approximate surface area is 106 Å². The van der Waals surface area contributed by atoms with Crippen molar-refractivity contribution >= 4 is 6.09 Å². The zero-order valence-electron chi connectivity index (χ0n) is 10.2. The van der Waals surface area contributed by atoms with Gasteiger partial charge in [0.2, 0.25) is 0 Å². The normalized spacial score (nSPS) is 29.7. The number of nitrogens with zero attached hydrogens (tertiary/aromatic N) is 1. The summed E-state index contributed by atoms with van der Waals surface area (Å²) >= 11 is 0. The second-order valence-corrected chi connectivity index (χ2v) is 4.62. The average Bonchev–Trinajstić information content (AvgIpc) is 2.69. The number of benzene rings is 1. The number of ether oxygens (including phenoxy) is 2. The van der Waals surface area contributed by atoms with Crippen LogP contribution in [0.2, 0.25) is 0 Å². The SMILES string of the molecule is C[C@H]1OC=C[C@H]2OC(=O)N(Cc3ccccc3)[C@@H]12. The molecule has 1 fully saturated rings. The van der Waals surface area contributed by atoms with E-state index in [1.807, 2.05) is 37.3 Å². The number of fused-ring (bicyclic) bond motifs is 1. The minimum absolute atomic E-state index is 0.0392. The lowest BCUT2D eigenvalue weighted by Gasteiger charge is -2.30. The van der Waals surface area contributed by atoms with Crippen LogP contribution in [0.3, 0.4) is 0 Å². The smallest absolute Gasteiger partial charge is 0.411 e. The van der Waals surface area contributed by atoms with E-state index in [2.05, 4.69) is 0 Å². The predicted molar refractivity (Wildman–Crippen MR) is 65.7 cm³/mol. The largest absolute Gasteiger partial charge is 0.496 e. The molecule has 1 amide bonds. The van der Waals surface area contributed by atoms with Gasteiger partial charge in [-0.2, -0.15) is 0 Å². The highest BCUT2D eigenvalue weighted by molar-refractivity contribution is 5.71. The Morgan fingerprint density at radius 1 is 1.28 bits per heavy atom. The second kappa shape index (κ2) is 4.37. The second-order valence-electron chi connectivity index (χ2n) is 4.62. The highest BCUT2D eigenvalue weighted by Crippen LogP contribution is 2.29. The third-order valence-corrected chi connectivity index (χ3v) is 3.41. The molecule has 3 atom stereocenters. The Hall–Kier alpha value is -1.97. The van der Waals surface area contributed by atoms with Crippen molar-refractivity contribution < 1.29 is 14.3 Å². The van der Waals surface area contributed by atoms with Gasteiger partial charge in [-0.3, -0.25) is 4.90 Å². The molecule has 2 aliphatic heterocycles. The maximum atomic E-state index is 11.9. The van der Waals surface area contributed by atoms with Crippen LogP contribution in [0, 0.1) is 0 Å². The molecule has 4 heteroatoms. The van der Waals surface area contributed by atoms with Crippen LogP contribution in [0.25, 0.3) is 0 Å². The zero-order chi connectivity index (χ0) is 12.5. The van der Waals surface area contributed by atoms with Crippen molar-refractivity contribution in [2.75, 3.05) is 0 Å².